The molecule has 0 radical (unpaired) electrons. The second kappa shape index (κ2) is 6.96. The third-order valence-electron chi connectivity index (χ3n) is 1.86. The van der Waals surface area contributed by atoms with Crippen LogP contribution >= 0.6 is 11.8 Å². The number of thioether (sulfide) groups is 1. The van der Waals surface area contributed by atoms with Gasteiger partial charge in [0.1, 0.15) is 0 Å². The van der Waals surface area contributed by atoms with E-state index in [4.69, 9.17) is 11.5 Å². The van der Waals surface area contributed by atoms with Crippen LogP contribution in [0, 0.1) is 5.92 Å². The molecule has 17 heavy (non-hydrogen) atoms. The van der Waals surface area contributed by atoms with Gasteiger partial charge >= 0.3 is 0 Å². The monoisotopic (exact) mass is 250 g/mol. The van der Waals surface area contributed by atoms with Crippen LogP contribution in [0.4, 0.5) is 0 Å². The summed E-state index contributed by atoms with van der Waals surface area (Å²) in [7, 11) is 0. The Bertz CT molecular complexity index is 409. The number of hydrogen-bond donors (Lipinski definition) is 2. The molecule has 0 atom stereocenters. The summed E-state index contributed by atoms with van der Waals surface area (Å²) in [4.78, 5) is 1.19. The molecular formula is C12H18N4S. The van der Waals surface area contributed by atoms with Crippen molar-refractivity contribution >= 4 is 23.9 Å². The third-order valence-corrected chi connectivity index (χ3v) is 3.38. The molecule has 0 saturated carbocycles. The van der Waals surface area contributed by atoms with Gasteiger partial charge in [0.25, 0.3) is 0 Å². The summed E-state index contributed by atoms with van der Waals surface area (Å²) in [6.45, 7) is 4.40. The largest absolute Gasteiger partial charge is 0.369 e. The van der Waals surface area contributed by atoms with Crippen LogP contribution in [0.25, 0.3) is 0 Å². The summed E-state index contributed by atoms with van der Waals surface area (Å²) in [5.41, 5.74) is 11.4. The first-order valence-electron chi connectivity index (χ1n) is 5.43. The Morgan fingerprint density at radius 2 is 2.06 bits per heavy atom. The van der Waals surface area contributed by atoms with Gasteiger partial charge in [0.05, 0.1) is 6.21 Å². The van der Waals surface area contributed by atoms with Crippen molar-refractivity contribution in [3.63, 3.8) is 0 Å². The molecule has 1 rings (SSSR count). The van der Waals surface area contributed by atoms with Crippen LogP contribution in [0.1, 0.15) is 19.4 Å². The lowest BCUT2D eigenvalue weighted by Gasteiger charge is -2.06. The fraction of sp³-hybridized carbons (Fsp3) is 0.333. The lowest BCUT2D eigenvalue weighted by Crippen LogP contribution is -2.21. The zero-order valence-corrected chi connectivity index (χ0v) is 10.9. The molecule has 0 heterocycles. The van der Waals surface area contributed by atoms with Gasteiger partial charge in [-0.2, -0.15) is 5.10 Å². The summed E-state index contributed by atoms with van der Waals surface area (Å²) in [5.74, 6) is 1.70. The van der Waals surface area contributed by atoms with Gasteiger partial charge in [-0.15, -0.1) is 16.9 Å². The van der Waals surface area contributed by atoms with E-state index in [1.165, 1.54) is 4.90 Å². The quantitative estimate of drug-likeness (QED) is 0.363. The average Bonchev–Trinajstić information content (AvgIpc) is 2.27. The number of rotatable bonds is 5. The number of guanidine groups is 1. The van der Waals surface area contributed by atoms with Crippen molar-refractivity contribution in [3.05, 3.63) is 29.8 Å². The van der Waals surface area contributed by atoms with E-state index in [0.29, 0.717) is 5.92 Å². The van der Waals surface area contributed by atoms with E-state index >= 15 is 0 Å². The minimum absolute atomic E-state index is 0.0337. The summed E-state index contributed by atoms with van der Waals surface area (Å²) in [6, 6.07) is 8.05. The van der Waals surface area contributed by atoms with Crippen molar-refractivity contribution in [1.82, 2.24) is 0 Å². The van der Waals surface area contributed by atoms with Crippen LogP contribution < -0.4 is 11.5 Å². The van der Waals surface area contributed by atoms with Gasteiger partial charge in [0.2, 0.25) is 5.96 Å². The molecule has 0 spiro atoms. The standard InChI is InChI=1S/C12H18N4S/c1-9(2)8-17-11-6-4-3-5-10(11)7-15-16-12(13)14/h3-7,9H,8H2,1-2H3,(H4,13,14,16). The van der Waals surface area contributed by atoms with Crippen molar-refractivity contribution in [2.75, 3.05) is 5.75 Å². The molecular weight excluding hydrogens is 232 g/mol. The number of nitrogens with zero attached hydrogens (tertiary/aromatic N) is 2. The van der Waals surface area contributed by atoms with Crippen molar-refractivity contribution in [2.24, 2.45) is 27.6 Å². The molecule has 0 unspecified atom stereocenters. The second-order valence-electron chi connectivity index (χ2n) is 4.01. The first-order valence-corrected chi connectivity index (χ1v) is 6.42. The Hall–Kier alpha value is -1.49. The van der Waals surface area contributed by atoms with E-state index in [0.717, 1.165) is 11.3 Å². The Labute approximate surface area is 106 Å². The van der Waals surface area contributed by atoms with Gasteiger partial charge in [-0.05, 0) is 12.0 Å². The second-order valence-corrected chi connectivity index (χ2v) is 5.07. The molecule has 5 heteroatoms. The Kier molecular flexibility index (Phi) is 5.56. The van der Waals surface area contributed by atoms with E-state index in [9.17, 15) is 0 Å². The fourth-order valence-corrected chi connectivity index (χ4v) is 2.11. The summed E-state index contributed by atoms with van der Waals surface area (Å²) < 4.78 is 0. The maximum absolute atomic E-state index is 5.20. The predicted molar refractivity (Wildman–Crippen MR) is 75.4 cm³/mol. The first-order chi connectivity index (χ1) is 8.09. The topological polar surface area (TPSA) is 76.8 Å². The van der Waals surface area contributed by atoms with Crippen molar-refractivity contribution < 1.29 is 0 Å². The molecule has 92 valence electrons. The molecule has 0 fully saturated rings. The third kappa shape index (κ3) is 5.40. The van der Waals surface area contributed by atoms with Crippen molar-refractivity contribution in [2.45, 2.75) is 18.7 Å². The van der Waals surface area contributed by atoms with Gasteiger partial charge in [-0.3, -0.25) is 0 Å². The number of benzene rings is 1. The van der Waals surface area contributed by atoms with Crippen LogP contribution in [0.3, 0.4) is 0 Å². The first kappa shape index (κ1) is 13.6. The van der Waals surface area contributed by atoms with Crippen molar-refractivity contribution in [3.8, 4) is 0 Å². The maximum atomic E-state index is 5.20. The van der Waals surface area contributed by atoms with Crippen LogP contribution in [0.2, 0.25) is 0 Å². The predicted octanol–water partition coefficient (Wildman–Crippen LogP) is 2.04. The van der Waals surface area contributed by atoms with Gasteiger partial charge in [-0.25, -0.2) is 0 Å². The van der Waals surface area contributed by atoms with Gasteiger partial charge in [-0.1, -0.05) is 32.0 Å². The molecule has 0 aliphatic carbocycles. The lowest BCUT2D eigenvalue weighted by atomic mass is 10.2. The molecule has 0 aliphatic rings. The highest BCUT2D eigenvalue weighted by molar-refractivity contribution is 7.99. The van der Waals surface area contributed by atoms with E-state index < -0.39 is 0 Å². The lowest BCUT2D eigenvalue weighted by molar-refractivity contribution is 0.750. The molecule has 4 nitrogen and oxygen atoms in total. The SMILES string of the molecule is CC(C)CSc1ccccc1C=NN=C(N)N. The molecule has 0 aliphatic heterocycles. The highest BCUT2D eigenvalue weighted by atomic mass is 32.2. The van der Waals surface area contributed by atoms with E-state index in [2.05, 4.69) is 30.1 Å². The number of hydrogen-bond acceptors (Lipinski definition) is 3. The zero-order valence-electron chi connectivity index (χ0n) is 10.1. The zero-order chi connectivity index (χ0) is 12.7. The van der Waals surface area contributed by atoms with Crippen molar-refractivity contribution in [1.29, 1.82) is 0 Å². The molecule has 1 aromatic rings. The minimum Gasteiger partial charge on any atom is -0.369 e. The minimum atomic E-state index is -0.0337. The fourth-order valence-electron chi connectivity index (χ4n) is 1.13. The molecule has 0 bridgehead atoms. The van der Waals surface area contributed by atoms with Crippen LogP contribution in [-0.2, 0) is 0 Å². The molecule has 0 amide bonds. The van der Waals surface area contributed by atoms with Crippen LogP contribution in [0.5, 0.6) is 0 Å². The smallest absolute Gasteiger partial charge is 0.211 e. The van der Waals surface area contributed by atoms with Crippen LogP contribution in [-0.4, -0.2) is 17.9 Å². The molecule has 4 N–H and O–H groups in total. The normalized spacial score (nSPS) is 11.0. The molecule has 1 aromatic carbocycles. The Morgan fingerprint density at radius 1 is 1.35 bits per heavy atom. The van der Waals surface area contributed by atoms with Gasteiger partial charge < -0.3 is 11.5 Å². The Balaban J connectivity index is 2.77. The van der Waals surface area contributed by atoms with E-state index in [1.807, 2.05) is 30.0 Å². The highest BCUT2D eigenvalue weighted by Gasteiger charge is 2.01. The van der Waals surface area contributed by atoms with Crippen LogP contribution in [0.15, 0.2) is 39.4 Å². The average molecular weight is 250 g/mol. The van der Waals surface area contributed by atoms with Gasteiger partial charge in [0, 0.05) is 16.2 Å². The Morgan fingerprint density at radius 3 is 2.71 bits per heavy atom. The summed E-state index contributed by atoms with van der Waals surface area (Å²) >= 11 is 1.81. The van der Waals surface area contributed by atoms with Gasteiger partial charge in [0.15, 0.2) is 0 Å². The van der Waals surface area contributed by atoms with E-state index in [1.54, 1.807) is 6.21 Å². The van der Waals surface area contributed by atoms with E-state index in [-0.39, 0.29) is 5.96 Å². The molecule has 0 aromatic heterocycles. The maximum Gasteiger partial charge on any atom is 0.211 e. The highest BCUT2D eigenvalue weighted by Crippen LogP contribution is 2.23. The summed E-state index contributed by atoms with van der Waals surface area (Å²) in [5, 5.41) is 7.42. The summed E-state index contributed by atoms with van der Waals surface area (Å²) in [6.07, 6.45) is 1.67. The molecule has 0 saturated heterocycles. The number of nitrogens with two attached hydrogens (primary N) is 2.